The van der Waals surface area contributed by atoms with E-state index in [0.717, 1.165) is 38.0 Å². The Morgan fingerprint density at radius 1 is 0.737 bits per heavy atom. The SMILES string of the molecule is CCCCCCCCCCCCCCCCCCOc1cn(CCC)c(CNCCCN)cc1=O.Cl.Cl.Cl. The standard InChI is InChI=1S/C30H57N3O2.3ClH/c1-3-5-6-7-8-9-10-11-12-13-14-15-16-17-18-19-24-35-30-27-33(23-4-2)28(25-29(30)34)26-32-22-20-21-31;;;/h25,27,32H,3-24,26,31H2,1-2H3;3*1H. The number of ether oxygens (including phenoxy) is 1. The van der Waals surface area contributed by atoms with Crippen LogP contribution in [0.2, 0.25) is 0 Å². The second kappa shape index (κ2) is 31.1. The molecule has 0 fully saturated rings. The van der Waals surface area contributed by atoms with Gasteiger partial charge in [-0.05, 0) is 32.4 Å². The average Bonchev–Trinajstić information content (AvgIpc) is 2.86. The van der Waals surface area contributed by atoms with Crippen LogP contribution in [-0.4, -0.2) is 24.3 Å². The van der Waals surface area contributed by atoms with Crippen molar-refractivity contribution in [1.82, 2.24) is 9.88 Å². The largest absolute Gasteiger partial charge is 0.488 e. The number of nitrogens with zero attached hydrogens (tertiary/aromatic N) is 1. The van der Waals surface area contributed by atoms with E-state index in [9.17, 15) is 4.79 Å². The molecule has 228 valence electrons. The molecule has 38 heavy (non-hydrogen) atoms. The van der Waals surface area contributed by atoms with Crippen LogP contribution in [0.4, 0.5) is 0 Å². The second-order valence-corrected chi connectivity index (χ2v) is 10.2. The quantitative estimate of drug-likeness (QED) is 0.110. The first-order chi connectivity index (χ1) is 17.2. The molecule has 0 aromatic carbocycles. The molecule has 0 unspecified atom stereocenters. The summed E-state index contributed by atoms with van der Waals surface area (Å²) in [6.45, 7) is 8.20. The fraction of sp³-hybridized carbons (Fsp3) is 0.833. The molecule has 0 saturated carbocycles. The number of hydrogen-bond acceptors (Lipinski definition) is 4. The van der Waals surface area contributed by atoms with Crippen molar-refractivity contribution < 1.29 is 4.74 Å². The molecule has 0 spiro atoms. The number of aryl methyl sites for hydroxylation is 1. The summed E-state index contributed by atoms with van der Waals surface area (Å²) in [6.07, 6.45) is 25.6. The second-order valence-electron chi connectivity index (χ2n) is 10.2. The number of halogens is 3. The maximum absolute atomic E-state index is 12.5. The van der Waals surface area contributed by atoms with Crippen molar-refractivity contribution in [1.29, 1.82) is 0 Å². The number of nitrogens with one attached hydrogen (secondary N) is 1. The summed E-state index contributed by atoms with van der Waals surface area (Å²) >= 11 is 0. The van der Waals surface area contributed by atoms with Gasteiger partial charge in [-0.25, -0.2) is 0 Å². The number of rotatable bonds is 25. The minimum atomic E-state index is -0.00975. The van der Waals surface area contributed by atoms with Gasteiger partial charge in [-0.2, -0.15) is 0 Å². The van der Waals surface area contributed by atoms with Gasteiger partial charge in [0.25, 0.3) is 0 Å². The van der Waals surface area contributed by atoms with Gasteiger partial charge in [-0.3, -0.25) is 4.79 Å². The summed E-state index contributed by atoms with van der Waals surface area (Å²) in [5.74, 6) is 0.491. The zero-order valence-electron chi connectivity index (χ0n) is 24.5. The molecule has 0 aliphatic carbocycles. The van der Waals surface area contributed by atoms with Crippen LogP contribution < -0.4 is 21.2 Å². The summed E-state index contributed by atoms with van der Waals surface area (Å²) in [5.41, 5.74) is 6.56. The average molecular weight is 601 g/mol. The topological polar surface area (TPSA) is 69.3 Å². The van der Waals surface area contributed by atoms with Gasteiger partial charge in [-0.15, -0.1) is 37.2 Å². The van der Waals surface area contributed by atoms with E-state index in [0.29, 0.717) is 25.4 Å². The van der Waals surface area contributed by atoms with Crippen LogP contribution in [0.5, 0.6) is 5.75 Å². The first kappa shape index (κ1) is 42.0. The van der Waals surface area contributed by atoms with Gasteiger partial charge in [-0.1, -0.05) is 110 Å². The van der Waals surface area contributed by atoms with Gasteiger partial charge in [0.15, 0.2) is 5.75 Å². The minimum absolute atomic E-state index is 0. The van der Waals surface area contributed by atoms with Gasteiger partial charge >= 0.3 is 0 Å². The van der Waals surface area contributed by atoms with E-state index < -0.39 is 0 Å². The zero-order chi connectivity index (χ0) is 25.4. The predicted octanol–water partition coefficient (Wildman–Crippen LogP) is 8.60. The molecule has 0 aliphatic heterocycles. The Balaban J connectivity index is -0.00000408. The van der Waals surface area contributed by atoms with Gasteiger partial charge in [0.05, 0.1) is 12.8 Å². The number of nitrogens with two attached hydrogens (primary N) is 1. The van der Waals surface area contributed by atoms with Crippen LogP contribution >= 0.6 is 37.2 Å². The highest BCUT2D eigenvalue weighted by Gasteiger charge is 2.08. The molecule has 1 aromatic heterocycles. The molecule has 0 radical (unpaired) electrons. The monoisotopic (exact) mass is 599 g/mol. The van der Waals surface area contributed by atoms with Crippen molar-refractivity contribution >= 4 is 37.2 Å². The summed E-state index contributed by atoms with van der Waals surface area (Å²) in [5, 5.41) is 3.37. The van der Waals surface area contributed by atoms with Gasteiger partial charge in [0.2, 0.25) is 5.43 Å². The van der Waals surface area contributed by atoms with E-state index in [2.05, 4.69) is 23.7 Å². The first-order valence-corrected chi connectivity index (χ1v) is 15.0. The lowest BCUT2D eigenvalue weighted by Gasteiger charge is -2.15. The maximum atomic E-state index is 12.5. The highest BCUT2D eigenvalue weighted by atomic mass is 35.5. The Bertz CT molecular complexity index is 675. The lowest BCUT2D eigenvalue weighted by Crippen LogP contribution is -2.23. The zero-order valence-corrected chi connectivity index (χ0v) is 26.9. The lowest BCUT2D eigenvalue weighted by atomic mass is 10.0. The summed E-state index contributed by atoms with van der Waals surface area (Å²) < 4.78 is 8.02. The van der Waals surface area contributed by atoms with Crippen molar-refractivity contribution in [2.24, 2.45) is 5.73 Å². The summed E-state index contributed by atoms with van der Waals surface area (Å²) in [4.78, 5) is 12.5. The number of pyridine rings is 1. The minimum Gasteiger partial charge on any atom is -0.488 e. The van der Waals surface area contributed by atoms with E-state index in [-0.39, 0.29) is 42.6 Å². The van der Waals surface area contributed by atoms with E-state index in [1.165, 1.54) is 96.3 Å². The van der Waals surface area contributed by atoms with Gasteiger partial charge in [0, 0.05) is 24.8 Å². The third kappa shape index (κ3) is 22.4. The van der Waals surface area contributed by atoms with Crippen LogP contribution in [0.15, 0.2) is 17.1 Å². The van der Waals surface area contributed by atoms with Crippen molar-refractivity contribution in [2.75, 3.05) is 19.7 Å². The maximum Gasteiger partial charge on any atom is 0.223 e. The van der Waals surface area contributed by atoms with E-state index in [1.54, 1.807) is 6.07 Å². The smallest absolute Gasteiger partial charge is 0.223 e. The molecular formula is C30H60Cl3N3O2. The van der Waals surface area contributed by atoms with Crippen molar-refractivity contribution in [3.8, 4) is 5.75 Å². The molecule has 0 amide bonds. The van der Waals surface area contributed by atoms with E-state index in [4.69, 9.17) is 10.5 Å². The molecule has 1 heterocycles. The molecule has 0 aliphatic rings. The van der Waals surface area contributed by atoms with Crippen LogP contribution in [0.1, 0.15) is 135 Å². The first-order valence-electron chi connectivity index (χ1n) is 15.0. The number of unbranched alkanes of at least 4 members (excludes halogenated alkanes) is 15. The highest BCUT2D eigenvalue weighted by Crippen LogP contribution is 2.14. The Morgan fingerprint density at radius 2 is 1.24 bits per heavy atom. The van der Waals surface area contributed by atoms with Crippen LogP contribution in [0, 0.1) is 0 Å². The molecule has 0 bridgehead atoms. The Hall–Kier alpha value is -0.460. The lowest BCUT2D eigenvalue weighted by molar-refractivity contribution is 0.298. The fourth-order valence-corrected chi connectivity index (χ4v) is 4.58. The number of aromatic nitrogens is 1. The number of hydrogen-bond donors (Lipinski definition) is 2. The fourth-order valence-electron chi connectivity index (χ4n) is 4.58. The van der Waals surface area contributed by atoms with Crippen molar-refractivity contribution in [3.63, 3.8) is 0 Å². The van der Waals surface area contributed by atoms with Crippen LogP contribution in [0.3, 0.4) is 0 Å². The Labute approximate surface area is 253 Å². The normalized spacial score (nSPS) is 10.4. The molecule has 0 saturated heterocycles. The van der Waals surface area contributed by atoms with Gasteiger partial charge < -0.3 is 20.4 Å². The third-order valence-corrected chi connectivity index (χ3v) is 6.77. The summed E-state index contributed by atoms with van der Waals surface area (Å²) in [6, 6.07) is 1.73. The van der Waals surface area contributed by atoms with Crippen LogP contribution in [-0.2, 0) is 13.1 Å². The molecule has 1 aromatic rings. The summed E-state index contributed by atoms with van der Waals surface area (Å²) in [7, 11) is 0. The molecule has 3 N–H and O–H groups in total. The van der Waals surface area contributed by atoms with Crippen molar-refractivity contribution in [3.05, 3.63) is 28.2 Å². The highest BCUT2D eigenvalue weighted by molar-refractivity contribution is 5.86. The van der Waals surface area contributed by atoms with E-state index >= 15 is 0 Å². The molecular weight excluding hydrogens is 541 g/mol. The third-order valence-electron chi connectivity index (χ3n) is 6.77. The van der Waals surface area contributed by atoms with Gasteiger partial charge in [0.1, 0.15) is 0 Å². The predicted molar refractivity (Wildman–Crippen MR) is 173 cm³/mol. The van der Waals surface area contributed by atoms with Crippen LogP contribution in [0.25, 0.3) is 0 Å². The van der Waals surface area contributed by atoms with Crippen molar-refractivity contribution in [2.45, 2.75) is 143 Å². The molecule has 0 atom stereocenters. The molecule has 5 nitrogen and oxygen atoms in total. The van der Waals surface area contributed by atoms with E-state index in [1.807, 2.05) is 6.20 Å². The Kier molecular flexibility index (Phi) is 34.4. The Morgan fingerprint density at radius 3 is 1.71 bits per heavy atom. The molecule has 8 heteroatoms. The molecule has 1 rings (SSSR count).